The number of aromatic nitrogens is 1. The van der Waals surface area contributed by atoms with Gasteiger partial charge in [0.15, 0.2) is 5.76 Å². The highest BCUT2D eigenvalue weighted by atomic mass is 16.5. The van der Waals surface area contributed by atoms with E-state index in [2.05, 4.69) is 30.9 Å². The Labute approximate surface area is 109 Å². The first-order valence-corrected chi connectivity index (χ1v) is 6.45. The van der Waals surface area contributed by atoms with E-state index in [4.69, 9.17) is 9.26 Å². The minimum absolute atomic E-state index is 0.477. The zero-order valence-electron chi connectivity index (χ0n) is 11.7. The van der Waals surface area contributed by atoms with Crippen LogP contribution in [0, 0.1) is 5.92 Å². The van der Waals surface area contributed by atoms with Crippen LogP contribution in [0.15, 0.2) is 22.7 Å². The first-order valence-electron chi connectivity index (χ1n) is 6.45. The summed E-state index contributed by atoms with van der Waals surface area (Å²) in [6, 6.07) is 1.94. The molecule has 4 heteroatoms. The molecule has 0 aliphatic rings. The van der Waals surface area contributed by atoms with Crippen molar-refractivity contribution in [2.75, 3.05) is 13.2 Å². The van der Waals surface area contributed by atoms with E-state index in [-0.39, 0.29) is 0 Å². The summed E-state index contributed by atoms with van der Waals surface area (Å²) in [7, 11) is 0. The maximum atomic E-state index is 5.47. The second-order valence-electron chi connectivity index (χ2n) is 5.07. The first kappa shape index (κ1) is 14.9. The molecule has 1 N–H and O–H groups in total. The van der Waals surface area contributed by atoms with Gasteiger partial charge < -0.3 is 14.6 Å². The molecule has 0 saturated carbocycles. The molecule has 1 aromatic rings. The fourth-order valence-corrected chi connectivity index (χ4v) is 1.42. The predicted molar refractivity (Wildman–Crippen MR) is 72.1 cm³/mol. The predicted octanol–water partition coefficient (Wildman–Crippen LogP) is 2.90. The third kappa shape index (κ3) is 6.57. The SMILES string of the molecule is C=C(C)CCOCc1cc(CNCC(C)C)no1. The minimum atomic E-state index is 0.477. The van der Waals surface area contributed by atoms with Gasteiger partial charge in [0.25, 0.3) is 0 Å². The van der Waals surface area contributed by atoms with Gasteiger partial charge in [0, 0.05) is 12.6 Å². The quantitative estimate of drug-likeness (QED) is 0.542. The van der Waals surface area contributed by atoms with Crippen molar-refractivity contribution in [1.82, 2.24) is 10.5 Å². The number of nitrogens with zero attached hydrogens (tertiary/aromatic N) is 1. The van der Waals surface area contributed by atoms with E-state index < -0.39 is 0 Å². The van der Waals surface area contributed by atoms with E-state index in [1.807, 2.05) is 13.0 Å². The smallest absolute Gasteiger partial charge is 0.162 e. The summed E-state index contributed by atoms with van der Waals surface area (Å²) in [5.74, 6) is 1.42. The molecular formula is C14H24N2O2. The van der Waals surface area contributed by atoms with Crippen LogP contribution in [0.5, 0.6) is 0 Å². The Morgan fingerprint density at radius 2 is 2.33 bits per heavy atom. The van der Waals surface area contributed by atoms with E-state index in [0.717, 1.165) is 36.5 Å². The zero-order valence-corrected chi connectivity index (χ0v) is 11.7. The Morgan fingerprint density at radius 1 is 1.56 bits per heavy atom. The van der Waals surface area contributed by atoms with Crippen LogP contribution < -0.4 is 5.32 Å². The Kier molecular flexibility index (Phi) is 6.68. The van der Waals surface area contributed by atoms with E-state index in [0.29, 0.717) is 19.1 Å². The highest BCUT2D eigenvalue weighted by molar-refractivity contribution is 5.04. The summed E-state index contributed by atoms with van der Waals surface area (Å²) in [4.78, 5) is 0. The molecule has 0 aliphatic heterocycles. The average Bonchev–Trinajstić information content (AvgIpc) is 2.72. The van der Waals surface area contributed by atoms with Gasteiger partial charge in [0.05, 0.1) is 12.3 Å². The molecule has 0 unspecified atom stereocenters. The fraction of sp³-hybridized carbons (Fsp3) is 0.643. The number of hydrogen-bond acceptors (Lipinski definition) is 4. The third-order valence-corrected chi connectivity index (χ3v) is 2.38. The maximum absolute atomic E-state index is 5.47. The van der Waals surface area contributed by atoms with Crippen LogP contribution in [-0.4, -0.2) is 18.3 Å². The molecule has 0 aliphatic carbocycles. The van der Waals surface area contributed by atoms with E-state index in [9.17, 15) is 0 Å². The van der Waals surface area contributed by atoms with Gasteiger partial charge in [0.1, 0.15) is 6.61 Å². The van der Waals surface area contributed by atoms with Gasteiger partial charge in [-0.15, -0.1) is 6.58 Å². The topological polar surface area (TPSA) is 47.3 Å². The molecule has 0 spiro atoms. The second-order valence-corrected chi connectivity index (χ2v) is 5.07. The van der Waals surface area contributed by atoms with E-state index in [1.165, 1.54) is 0 Å². The molecule has 18 heavy (non-hydrogen) atoms. The summed E-state index contributed by atoms with van der Waals surface area (Å²) in [5.41, 5.74) is 2.06. The Hall–Kier alpha value is -1.13. The number of rotatable bonds is 9. The molecule has 102 valence electrons. The second kappa shape index (κ2) is 8.06. The number of hydrogen-bond donors (Lipinski definition) is 1. The standard InChI is InChI=1S/C14H24N2O2/c1-11(2)5-6-17-10-14-7-13(16-18-14)9-15-8-12(3)4/h7,12,15H,1,5-6,8-10H2,2-4H3. The average molecular weight is 252 g/mol. The van der Waals surface area contributed by atoms with Crippen molar-refractivity contribution in [1.29, 1.82) is 0 Å². The lowest BCUT2D eigenvalue weighted by molar-refractivity contribution is 0.104. The maximum Gasteiger partial charge on any atom is 0.162 e. The zero-order chi connectivity index (χ0) is 13.4. The van der Waals surface area contributed by atoms with Crippen LogP contribution in [-0.2, 0) is 17.9 Å². The number of nitrogens with one attached hydrogen (secondary N) is 1. The van der Waals surface area contributed by atoms with Crippen molar-refractivity contribution in [3.05, 3.63) is 29.7 Å². The minimum Gasteiger partial charge on any atom is -0.373 e. The first-order chi connectivity index (χ1) is 8.58. The van der Waals surface area contributed by atoms with Crippen LogP contribution in [0.2, 0.25) is 0 Å². The van der Waals surface area contributed by atoms with Gasteiger partial charge in [0.2, 0.25) is 0 Å². The summed E-state index contributed by atoms with van der Waals surface area (Å²) < 4.78 is 10.7. The van der Waals surface area contributed by atoms with Crippen LogP contribution in [0.1, 0.15) is 38.6 Å². The largest absolute Gasteiger partial charge is 0.373 e. The normalized spacial score (nSPS) is 11.1. The van der Waals surface area contributed by atoms with Crippen molar-refractivity contribution in [3.8, 4) is 0 Å². The van der Waals surface area contributed by atoms with Gasteiger partial charge >= 0.3 is 0 Å². The van der Waals surface area contributed by atoms with Gasteiger partial charge in [-0.1, -0.05) is 24.6 Å². The molecule has 1 aromatic heterocycles. The molecule has 0 saturated heterocycles. The van der Waals surface area contributed by atoms with Crippen LogP contribution in [0.3, 0.4) is 0 Å². The van der Waals surface area contributed by atoms with Crippen molar-refractivity contribution in [3.63, 3.8) is 0 Å². The molecule has 4 nitrogen and oxygen atoms in total. The molecule has 0 bridgehead atoms. The van der Waals surface area contributed by atoms with Crippen LogP contribution in [0.25, 0.3) is 0 Å². The van der Waals surface area contributed by atoms with E-state index in [1.54, 1.807) is 0 Å². The van der Waals surface area contributed by atoms with Crippen molar-refractivity contribution >= 4 is 0 Å². The van der Waals surface area contributed by atoms with Crippen molar-refractivity contribution in [2.45, 2.75) is 40.3 Å². The highest BCUT2D eigenvalue weighted by Crippen LogP contribution is 2.06. The van der Waals surface area contributed by atoms with Gasteiger partial charge in [-0.25, -0.2) is 0 Å². The Bertz CT molecular complexity index is 358. The van der Waals surface area contributed by atoms with Gasteiger partial charge in [-0.05, 0) is 25.8 Å². The monoisotopic (exact) mass is 252 g/mol. The summed E-state index contributed by atoms with van der Waals surface area (Å²) >= 11 is 0. The molecule has 0 amide bonds. The van der Waals surface area contributed by atoms with Crippen molar-refractivity contribution in [2.24, 2.45) is 5.92 Å². The summed E-state index contributed by atoms with van der Waals surface area (Å²) in [6.07, 6.45) is 0.886. The van der Waals surface area contributed by atoms with Crippen LogP contribution >= 0.6 is 0 Å². The van der Waals surface area contributed by atoms with Gasteiger partial charge in [-0.3, -0.25) is 0 Å². The lowest BCUT2D eigenvalue weighted by atomic mass is 10.2. The molecule has 0 radical (unpaired) electrons. The van der Waals surface area contributed by atoms with Gasteiger partial charge in [-0.2, -0.15) is 0 Å². The Balaban J connectivity index is 2.19. The Morgan fingerprint density at radius 3 is 3.00 bits per heavy atom. The van der Waals surface area contributed by atoms with Crippen molar-refractivity contribution < 1.29 is 9.26 Å². The fourth-order valence-electron chi connectivity index (χ4n) is 1.42. The molecule has 0 aromatic carbocycles. The van der Waals surface area contributed by atoms with E-state index >= 15 is 0 Å². The molecular weight excluding hydrogens is 228 g/mol. The summed E-state index contributed by atoms with van der Waals surface area (Å²) in [6.45, 7) is 13.1. The highest BCUT2D eigenvalue weighted by Gasteiger charge is 2.04. The van der Waals surface area contributed by atoms with Crippen LogP contribution in [0.4, 0.5) is 0 Å². The molecule has 1 rings (SSSR count). The third-order valence-electron chi connectivity index (χ3n) is 2.38. The lowest BCUT2D eigenvalue weighted by Gasteiger charge is -2.04. The summed E-state index contributed by atoms with van der Waals surface area (Å²) in [5, 5.41) is 7.31. The molecule has 0 fully saturated rings. The molecule has 1 heterocycles. The lowest BCUT2D eigenvalue weighted by Crippen LogP contribution is -2.19. The molecule has 0 atom stereocenters. The number of ether oxygens (including phenoxy) is 1.